The van der Waals surface area contributed by atoms with Crippen LogP contribution in [0.15, 0.2) is 18.2 Å². The molecule has 1 rings (SSSR count). The topological polar surface area (TPSA) is 110 Å². The molecule has 0 spiro atoms. The van der Waals surface area contributed by atoms with Crippen LogP contribution in [0.1, 0.15) is 18.1 Å². The van der Waals surface area contributed by atoms with Crippen molar-refractivity contribution in [1.82, 2.24) is 0 Å². The van der Waals surface area contributed by atoms with Crippen molar-refractivity contribution in [2.45, 2.75) is 12.5 Å². The monoisotopic (exact) mass is 212 g/mol. The van der Waals surface area contributed by atoms with E-state index in [9.17, 15) is 20.3 Å². The highest BCUT2D eigenvalue weighted by molar-refractivity contribution is 5.47. The molecule has 0 heterocycles. The molecule has 0 saturated carbocycles. The maximum absolute atomic E-state index is 10.4. The molecule has 0 unspecified atom stereocenters. The van der Waals surface area contributed by atoms with Gasteiger partial charge in [0.2, 0.25) is 0 Å². The van der Waals surface area contributed by atoms with Gasteiger partial charge in [0.25, 0.3) is 0 Å². The van der Waals surface area contributed by atoms with Gasteiger partial charge in [0.1, 0.15) is 0 Å². The molecule has 1 aromatic carbocycles. The fourth-order valence-electron chi connectivity index (χ4n) is 1.23. The molecule has 0 aliphatic rings. The molecule has 0 fully saturated rings. The van der Waals surface area contributed by atoms with Gasteiger partial charge < -0.3 is 15.9 Å². The standard InChI is InChI=1S/C9H12N2O4/c10-4-3-8(12)6-1-2-7(11(14)15)9(13)5-6/h1-2,5,8,12-13H,3-4,10H2/t8-/m1/s1. The summed E-state index contributed by atoms with van der Waals surface area (Å²) in [4.78, 5) is 9.71. The summed E-state index contributed by atoms with van der Waals surface area (Å²) in [6, 6.07) is 3.74. The van der Waals surface area contributed by atoms with Gasteiger partial charge in [-0.25, -0.2) is 0 Å². The Morgan fingerprint density at radius 1 is 1.53 bits per heavy atom. The molecule has 0 aliphatic carbocycles. The number of benzene rings is 1. The van der Waals surface area contributed by atoms with Gasteiger partial charge >= 0.3 is 5.69 Å². The zero-order chi connectivity index (χ0) is 11.4. The third-order valence-electron chi connectivity index (χ3n) is 2.02. The lowest BCUT2D eigenvalue weighted by Gasteiger charge is -2.09. The Labute approximate surface area is 86.1 Å². The van der Waals surface area contributed by atoms with Gasteiger partial charge in [-0.15, -0.1) is 0 Å². The zero-order valence-corrected chi connectivity index (χ0v) is 7.96. The molecule has 0 aliphatic heterocycles. The lowest BCUT2D eigenvalue weighted by molar-refractivity contribution is -0.385. The number of nitrogens with zero attached hydrogens (tertiary/aromatic N) is 1. The van der Waals surface area contributed by atoms with E-state index in [-0.39, 0.29) is 5.69 Å². The average Bonchev–Trinajstić information content (AvgIpc) is 2.17. The van der Waals surface area contributed by atoms with E-state index < -0.39 is 16.8 Å². The van der Waals surface area contributed by atoms with E-state index in [2.05, 4.69) is 0 Å². The first-order chi connectivity index (χ1) is 7.06. The maximum atomic E-state index is 10.4. The van der Waals surface area contributed by atoms with Crippen molar-refractivity contribution < 1.29 is 15.1 Å². The smallest absolute Gasteiger partial charge is 0.310 e. The highest BCUT2D eigenvalue weighted by Gasteiger charge is 2.15. The van der Waals surface area contributed by atoms with Crippen LogP contribution >= 0.6 is 0 Å². The van der Waals surface area contributed by atoms with Crippen LogP contribution in [0.3, 0.4) is 0 Å². The third kappa shape index (κ3) is 2.64. The molecule has 6 heteroatoms. The molecule has 0 radical (unpaired) electrons. The Morgan fingerprint density at radius 2 is 2.20 bits per heavy atom. The van der Waals surface area contributed by atoms with Crippen LogP contribution in [0.5, 0.6) is 5.75 Å². The van der Waals surface area contributed by atoms with Crippen LogP contribution in [-0.4, -0.2) is 21.7 Å². The number of phenolic OH excluding ortho intramolecular Hbond substituents is 1. The zero-order valence-electron chi connectivity index (χ0n) is 7.96. The molecule has 4 N–H and O–H groups in total. The Bertz CT molecular complexity index is 367. The van der Waals surface area contributed by atoms with Crippen molar-refractivity contribution in [2.75, 3.05) is 6.54 Å². The van der Waals surface area contributed by atoms with Crippen LogP contribution in [0, 0.1) is 10.1 Å². The van der Waals surface area contributed by atoms with Crippen molar-refractivity contribution in [3.8, 4) is 5.75 Å². The van der Waals surface area contributed by atoms with E-state index in [1.165, 1.54) is 12.1 Å². The summed E-state index contributed by atoms with van der Waals surface area (Å²) in [5, 5.41) is 29.2. The summed E-state index contributed by atoms with van der Waals surface area (Å²) >= 11 is 0. The largest absolute Gasteiger partial charge is 0.502 e. The molecule has 6 nitrogen and oxygen atoms in total. The number of phenols is 1. The number of hydrogen-bond acceptors (Lipinski definition) is 5. The van der Waals surface area contributed by atoms with E-state index in [0.717, 1.165) is 6.07 Å². The number of aromatic hydroxyl groups is 1. The SMILES string of the molecule is NCC[C@@H](O)c1ccc([N+](=O)[O-])c(O)c1. The number of nitro benzene ring substituents is 1. The third-order valence-corrected chi connectivity index (χ3v) is 2.02. The molecule has 0 amide bonds. The Balaban J connectivity index is 2.96. The maximum Gasteiger partial charge on any atom is 0.310 e. The summed E-state index contributed by atoms with van der Waals surface area (Å²) in [6.45, 7) is 0.304. The number of aliphatic hydroxyl groups excluding tert-OH is 1. The summed E-state index contributed by atoms with van der Waals surface area (Å²) in [5.74, 6) is -0.450. The fourth-order valence-corrected chi connectivity index (χ4v) is 1.23. The molecule has 1 atom stereocenters. The van der Waals surface area contributed by atoms with E-state index in [4.69, 9.17) is 5.73 Å². The van der Waals surface area contributed by atoms with Gasteiger partial charge in [-0.1, -0.05) is 0 Å². The van der Waals surface area contributed by atoms with Crippen LogP contribution < -0.4 is 5.73 Å². The van der Waals surface area contributed by atoms with Crippen molar-refractivity contribution in [3.05, 3.63) is 33.9 Å². The highest BCUT2D eigenvalue weighted by Crippen LogP contribution is 2.29. The highest BCUT2D eigenvalue weighted by atomic mass is 16.6. The van der Waals surface area contributed by atoms with Crippen molar-refractivity contribution in [3.63, 3.8) is 0 Å². The van der Waals surface area contributed by atoms with Gasteiger partial charge in [-0.05, 0) is 30.7 Å². The van der Waals surface area contributed by atoms with Gasteiger partial charge in [0.15, 0.2) is 5.75 Å². The molecule has 0 aromatic heterocycles. The lowest BCUT2D eigenvalue weighted by Crippen LogP contribution is -2.06. The van der Waals surface area contributed by atoms with Crippen LogP contribution in [0.25, 0.3) is 0 Å². The minimum Gasteiger partial charge on any atom is -0.502 e. The summed E-state index contributed by atoms with van der Waals surface area (Å²) in [5.41, 5.74) is 5.30. The predicted octanol–water partition coefficient (Wildman–Crippen LogP) is 0.683. The van der Waals surface area contributed by atoms with Gasteiger partial charge in [-0.2, -0.15) is 0 Å². The molecular formula is C9H12N2O4. The second kappa shape index (κ2) is 4.72. The van der Waals surface area contributed by atoms with E-state index in [0.29, 0.717) is 18.5 Å². The first-order valence-electron chi connectivity index (χ1n) is 4.41. The second-order valence-corrected chi connectivity index (χ2v) is 3.10. The van der Waals surface area contributed by atoms with Crippen LogP contribution in [0.4, 0.5) is 5.69 Å². The molecule has 1 aromatic rings. The fraction of sp³-hybridized carbons (Fsp3) is 0.333. The average molecular weight is 212 g/mol. The van der Waals surface area contributed by atoms with Gasteiger partial charge in [0.05, 0.1) is 11.0 Å². The van der Waals surface area contributed by atoms with E-state index in [1.54, 1.807) is 0 Å². The lowest BCUT2D eigenvalue weighted by atomic mass is 10.1. The van der Waals surface area contributed by atoms with Crippen LogP contribution in [-0.2, 0) is 0 Å². The summed E-state index contributed by atoms with van der Waals surface area (Å²) in [6.07, 6.45) is -0.459. The van der Waals surface area contributed by atoms with E-state index >= 15 is 0 Å². The Hall–Kier alpha value is -1.66. The number of nitrogens with two attached hydrogens (primary N) is 1. The first kappa shape index (κ1) is 11.4. The molecule has 0 bridgehead atoms. The van der Waals surface area contributed by atoms with Crippen molar-refractivity contribution in [2.24, 2.45) is 5.73 Å². The normalized spacial score (nSPS) is 12.4. The van der Waals surface area contributed by atoms with Crippen LogP contribution in [0.2, 0.25) is 0 Å². The minimum atomic E-state index is -0.804. The summed E-state index contributed by atoms with van der Waals surface area (Å²) < 4.78 is 0. The minimum absolute atomic E-state index is 0.304. The Morgan fingerprint density at radius 3 is 2.67 bits per heavy atom. The number of rotatable bonds is 4. The van der Waals surface area contributed by atoms with Crippen molar-refractivity contribution in [1.29, 1.82) is 0 Å². The second-order valence-electron chi connectivity index (χ2n) is 3.10. The number of hydrogen-bond donors (Lipinski definition) is 3. The number of nitro groups is 1. The van der Waals surface area contributed by atoms with E-state index in [1.807, 2.05) is 0 Å². The molecule has 0 saturated heterocycles. The molecule has 82 valence electrons. The van der Waals surface area contributed by atoms with Crippen molar-refractivity contribution >= 4 is 5.69 Å². The molecular weight excluding hydrogens is 200 g/mol. The predicted molar refractivity (Wildman–Crippen MR) is 53.4 cm³/mol. The Kier molecular flexibility index (Phi) is 3.59. The quantitative estimate of drug-likeness (QED) is 0.502. The number of aliphatic hydroxyl groups is 1. The first-order valence-corrected chi connectivity index (χ1v) is 4.41. The molecule has 15 heavy (non-hydrogen) atoms. The van der Waals surface area contributed by atoms with Gasteiger partial charge in [-0.3, -0.25) is 10.1 Å². The summed E-state index contributed by atoms with van der Waals surface area (Å²) in [7, 11) is 0. The van der Waals surface area contributed by atoms with Gasteiger partial charge in [0, 0.05) is 6.07 Å².